The van der Waals surface area contributed by atoms with Gasteiger partial charge in [0.1, 0.15) is 11.2 Å². The number of para-hydroxylation sites is 1. The molecular formula is C64H41NO. The standard InChI is InChI=1S/C64H41NO/c1-2-14-42(15-3-1)46-18-12-19-47(38-46)44-30-33-51(34-31-44)65(61-37-36-53(50-29-28-43-16-4-5-17-45(43)39-50)64-63(61)59-26-10-11-27-62(59)66-64)52-21-13-20-48(40-52)49-32-35-58-56-24-7-6-22-54(56)55-23-8-9-25-57(55)60(58)41-49/h1-41H. The Hall–Kier alpha value is -8.72. The molecule has 0 aliphatic carbocycles. The van der Waals surface area contributed by atoms with Crippen LogP contribution in [0.1, 0.15) is 0 Å². The van der Waals surface area contributed by atoms with Crippen molar-refractivity contribution in [2.24, 2.45) is 0 Å². The molecule has 13 aromatic rings. The quantitative estimate of drug-likeness (QED) is 0.149. The van der Waals surface area contributed by atoms with Gasteiger partial charge in [0.15, 0.2) is 0 Å². The van der Waals surface area contributed by atoms with Gasteiger partial charge in [-0.15, -0.1) is 0 Å². The summed E-state index contributed by atoms with van der Waals surface area (Å²) in [7, 11) is 0. The first-order valence-electron chi connectivity index (χ1n) is 22.7. The highest BCUT2D eigenvalue weighted by Gasteiger charge is 2.23. The Morgan fingerprint density at radius 2 is 0.803 bits per heavy atom. The van der Waals surface area contributed by atoms with Crippen molar-refractivity contribution in [3.8, 4) is 44.5 Å². The minimum Gasteiger partial charge on any atom is -0.455 e. The third-order valence-corrected chi connectivity index (χ3v) is 13.4. The molecule has 2 nitrogen and oxygen atoms in total. The lowest BCUT2D eigenvalue weighted by Crippen LogP contribution is -2.10. The smallest absolute Gasteiger partial charge is 0.145 e. The number of rotatable bonds is 7. The summed E-state index contributed by atoms with van der Waals surface area (Å²) in [6, 6.07) is 90.2. The van der Waals surface area contributed by atoms with Crippen molar-refractivity contribution in [3.05, 3.63) is 249 Å². The molecule has 0 saturated heterocycles. The maximum absolute atomic E-state index is 6.91. The summed E-state index contributed by atoms with van der Waals surface area (Å²) < 4.78 is 6.91. The molecule has 0 saturated carbocycles. The third-order valence-electron chi connectivity index (χ3n) is 13.4. The first-order chi connectivity index (χ1) is 32.7. The van der Waals surface area contributed by atoms with Gasteiger partial charge < -0.3 is 9.32 Å². The van der Waals surface area contributed by atoms with Crippen molar-refractivity contribution in [2.75, 3.05) is 4.90 Å². The summed E-state index contributed by atoms with van der Waals surface area (Å²) in [6.07, 6.45) is 0. The van der Waals surface area contributed by atoms with Crippen LogP contribution in [0, 0.1) is 0 Å². The summed E-state index contributed by atoms with van der Waals surface area (Å²) in [5, 5.41) is 12.2. The summed E-state index contributed by atoms with van der Waals surface area (Å²) in [5.41, 5.74) is 14.1. The molecule has 0 fully saturated rings. The molecular weight excluding hydrogens is 799 g/mol. The van der Waals surface area contributed by atoms with Gasteiger partial charge in [-0.3, -0.25) is 0 Å². The van der Waals surface area contributed by atoms with E-state index in [4.69, 9.17) is 4.42 Å². The van der Waals surface area contributed by atoms with Gasteiger partial charge in [0.05, 0.1) is 11.1 Å². The predicted octanol–water partition coefficient (Wildman–Crippen LogP) is 18.3. The predicted molar refractivity (Wildman–Crippen MR) is 280 cm³/mol. The normalized spacial score (nSPS) is 11.6. The van der Waals surface area contributed by atoms with E-state index >= 15 is 0 Å². The molecule has 0 unspecified atom stereocenters. The van der Waals surface area contributed by atoms with Crippen LogP contribution < -0.4 is 4.90 Å². The first kappa shape index (κ1) is 37.8. The van der Waals surface area contributed by atoms with E-state index in [2.05, 4.69) is 254 Å². The van der Waals surface area contributed by atoms with Crippen molar-refractivity contribution < 1.29 is 4.42 Å². The topological polar surface area (TPSA) is 16.4 Å². The van der Waals surface area contributed by atoms with Gasteiger partial charge >= 0.3 is 0 Å². The molecule has 1 heterocycles. The second kappa shape index (κ2) is 15.5. The summed E-state index contributed by atoms with van der Waals surface area (Å²) in [5.74, 6) is 0. The maximum atomic E-state index is 6.91. The highest BCUT2D eigenvalue weighted by atomic mass is 16.3. The summed E-state index contributed by atoms with van der Waals surface area (Å²) in [6.45, 7) is 0. The molecule has 13 rings (SSSR count). The van der Waals surface area contributed by atoms with Crippen LogP contribution in [-0.4, -0.2) is 0 Å². The average Bonchev–Trinajstić information content (AvgIpc) is 3.79. The number of hydrogen-bond acceptors (Lipinski definition) is 2. The molecule has 12 aromatic carbocycles. The molecule has 66 heavy (non-hydrogen) atoms. The minimum atomic E-state index is 0.861. The molecule has 0 N–H and O–H groups in total. The van der Waals surface area contributed by atoms with E-state index < -0.39 is 0 Å². The molecule has 0 aliphatic heterocycles. The monoisotopic (exact) mass is 839 g/mol. The number of fused-ring (bicyclic) bond motifs is 10. The SMILES string of the molecule is c1ccc(-c2cccc(-c3ccc(N(c4cccc(-c5ccc6c7ccccc7c7ccccc7c6c5)c4)c4ccc(-c5ccc6ccccc6c5)c5oc6ccccc6c45)cc3)c2)cc1. The van der Waals surface area contributed by atoms with E-state index in [1.165, 1.54) is 65.3 Å². The first-order valence-corrected chi connectivity index (χ1v) is 22.7. The van der Waals surface area contributed by atoms with Crippen molar-refractivity contribution in [1.29, 1.82) is 0 Å². The average molecular weight is 840 g/mol. The number of furan rings is 1. The van der Waals surface area contributed by atoms with E-state index in [-0.39, 0.29) is 0 Å². The van der Waals surface area contributed by atoms with Gasteiger partial charge in [-0.25, -0.2) is 0 Å². The second-order valence-electron chi connectivity index (χ2n) is 17.2. The summed E-state index contributed by atoms with van der Waals surface area (Å²) in [4.78, 5) is 2.41. The highest BCUT2D eigenvalue weighted by Crippen LogP contribution is 2.47. The molecule has 0 aliphatic rings. The lowest BCUT2D eigenvalue weighted by Gasteiger charge is -2.27. The van der Waals surface area contributed by atoms with Crippen LogP contribution in [0.4, 0.5) is 17.1 Å². The van der Waals surface area contributed by atoms with Gasteiger partial charge in [-0.2, -0.15) is 0 Å². The molecule has 0 amide bonds. The number of anilines is 3. The molecule has 0 atom stereocenters. The van der Waals surface area contributed by atoms with E-state index in [0.29, 0.717) is 0 Å². The molecule has 1 aromatic heterocycles. The number of nitrogens with zero attached hydrogens (tertiary/aromatic N) is 1. The Balaban J connectivity index is 1.00. The van der Waals surface area contributed by atoms with Crippen LogP contribution >= 0.6 is 0 Å². The zero-order valence-electron chi connectivity index (χ0n) is 36.0. The maximum Gasteiger partial charge on any atom is 0.145 e. The van der Waals surface area contributed by atoms with Crippen molar-refractivity contribution in [2.45, 2.75) is 0 Å². The van der Waals surface area contributed by atoms with E-state index in [1.54, 1.807) is 0 Å². The Morgan fingerprint density at radius 3 is 1.55 bits per heavy atom. The zero-order chi connectivity index (χ0) is 43.6. The van der Waals surface area contributed by atoms with Crippen molar-refractivity contribution in [3.63, 3.8) is 0 Å². The molecule has 0 radical (unpaired) electrons. The lowest BCUT2D eigenvalue weighted by molar-refractivity contribution is 0.670. The van der Waals surface area contributed by atoms with E-state index in [1.807, 2.05) is 0 Å². The fourth-order valence-corrected chi connectivity index (χ4v) is 10.2. The van der Waals surface area contributed by atoms with Gasteiger partial charge in [0.2, 0.25) is 0 Å². The van der Waals surface area contributed by atoms with Crippen LogP contribution in [-0.2, 0) is 0 Å². The van der Waals surface area contributed by atoms with Crippen LogP contribution in [0.15, 0.2) is 253 Å². The molecule has 0 spiro atoms. The lowest BCUT2D eigenvalue weighted by atomic mass is 9.92. The van der Waals surface area contributed by atoms with E-state index in [9.17, 15) is 0 Å². The van der Waals surface area contributed by atoms with Crippen LogP contribution in [0.3, 0.4) is 0 Å². The van der Waals surface area contributed by atoms with E-state index in [0.717, 1.165) is 61.3 Å². The van der Waals surface area contributed by atoms with Gasteiger partial charge in [-0.1, -0.05) is 188 Å². The van der Waals surface area contributed by atoms with Crippen LogP contribution in [0.25, 0.3) is 110 Å². The Labute approximate surface area is 382 Å². The van der Waals surface area contributed by atoms with Gasteiger partial charge in [-0.05, 0) is 143 Å². The van der Waals surface area contributed by atoms with Gasteiger partial charge in [0, 0.05) is 22.3 Å². The minimum absolute atomic E-state index is 0.861. The Morgan fingerprint density at radius 1 is 0.273 bits per heavy atom. The number of hydrogen-bond donors (Lipinski definition) is 0. The van der Waals surface area contributed by atoms with Crippen molar-refractivity contribution >= 4 is 82.1 Å². The van der Waals surface area contributed by atoms with Crippen LogP contribution in [0.2, 0.25) is 0 Å². The highest BCUT2D eigenvalue weighted by molar-refractivity contribution is 6.26. The molecule has 308 valence electrons. The fraction of sp³-hybridized carbons (Fsp3) is 0. The largest absolute Gasteiger partial charge is 0.455 e. The second-order valence-corrected chi connectivity index (χ2v) is 17.2. The van der Waals surface area contributed by atoms with Crippen LogP contribution in [0.5, 0.6) is 0 Å². The fourth-order valence-electron chi connectivity index (χ4n) is 10.2. The zero-order valence-corrected chi connectivity index (χ0v) is 36.0. The van der Waals surface area contributed by atoms with Gasteiger partial charge in [0.25, 0.3) is 0 Å². The molecule has 2 heteroatoms. The summed E-state index contributed by atoms with van der Waals surface area (Å²) >= 11 is 0. The van der Waals surface area contributed by atoms with Crippen molar-refractivity contribution in [1.82, 2.24) is 0 Å². The molecule has 0 bridgehead atoms. The Kier molecular flexibility index (Phi) is 8.89. The Bertz CT molecular complexity index is 3960. The third kappa shape index (κ3) is 6.34. The number of benzene rings is 12.